The molecule has 0 radical (unpaired) electrons. The fraction of sp³-hybridized carbons (Fsp3) is 0.273. The topological polar surface area (TPSA) is 77.8 Å². The van der Waals surface area contributed by atoms with Crippen LogP contribution < -0.4 is 0 Å². The average molecular weight is 221 g/mol. The molecule has 0 saturated carbocycles. The third kappa shape index (κ3) is 1.32. The summed E-state index contributed by atoms with van der Waals surface area (Å²) in [5.74, 6) is -1.62. The molecule has 0 aromatic heterocycles. The van der Waals surface area contributed by atoms with Crippen LogP contribution in [0.25, 0.3) is 0 Å². The lowest BCUT2D eigenvalue weighted by molar-refractivity contribution is 0.0654. The van der Waals surface area contributed by atoms with Crippen LogP contribution in [0.5, 0.6) is 11.5 Å². The predicted molar refractivity (Wildman–Crippen MR) is 55.4 cm³/mol. The summed E-state index contributed by atoms with van der Waals surface area (Å²) in [4.78, 5) is 24.7. The van der Waals surface area contributed by atoms with Gasteiger partial charge in [-0.05, 0) is 18.6 Å². The predicted octanol–water partition coefficient (Wildman–Crippen LogP) is 1.10. The third-order valence-corrected chi connectivity index (χ3v) is 2.51. The van der Waals surface area contributed by atoms with Crippen LogP contribution in [0.15, 0.2) is 12.1 Å². The molecule has 5 nitrogen and oxygen atoms in total. The summed E-state index contributed by atoms with van der Waals surface area (Å²) in [6.45, 7) is 2.20. The molecule has 0 bridgehead atoms. The summed E-state index contributed by atoms with van der Waals surface area (Å²) in [6, 6.07) is 2.25. The molecule has 0 saturated heterocycles. The van der Waals surface area contributed by atoms with Crippen LogP contribution in [0.1, 0.15) is 34.1 Å². The number of rotatable bonds is 2. The number of hydrogen-bond donors (Lipinski definition) is 2. The molecule has 0 unspecified atom stereocenters. The van der Waals surface area contributed by atoms with E-state index < -0.39 is 23.3 Å². The van der Waals surface area contributed by atoms with Crippen molar-refractivity contribution in [2.45, 2.75) is 13.3 Å². The molecule has 0 fully saturated rings. The number of imide groups is 1. The van der Waals surface area contributed by atoms with Gasteiger partial charge in [-0.15, -0.1) is 0 Å². The smallest absolute Gasteiger partial charge is 0.261 e. The summed E-state index contributed by atoms with van der Waals surface area (Å²) in [5, 5.41) is 18.5. The van der Waals surface area contributed by atoms with Crippen molar-refractivity contribution in [2.75, 3.05) is 6.54 Å². The van der Waals surface area contributed by atoms with Crippen molar-refractivity contribution in [3.63, 3.8) is 0 Å². The first kappa shape index (κ1) is 10.5. The molecule has 84 valence electrons. The Morgan fingerprint density at radius 3 is 1.88 bits per heavy atom. The van der Waals surface area contributed by atoms with Gasteiger partial charge in [0.2, 0.25) is 0 Å². The first-order chi connectivity index (χ1) is 7.56. The second kappa shape index (κ2) is 3.52. The maximum Gasteiger partial charge on any atom is 0.261 e. The van der Waals surface area contributed by atoms with Gasteiger partial charge in [0, 0.05) is 6.54 Å². The molecule has 1 aliphatic heterocycles. The Labute approximate surface area is 91.9 Å². The van der Waals surface area contributed by atoms with Crippen molar-refractivity contribution in [2.24, 2.45) is 0 Å². The van der Waals surface area contributed by atoms with Crippen molar-refractivity contribution in [1.82, 2.24) is 4.90 Å². The van der Waals surface area contributed by atoms with Crippen molar-refractivity contribution in [3.05, 3.63) is 23.3 Å². The van der Waals surface area contributed by atoms with Crippen molar-refractivity contribution < 1.29 is 19.8 Å². The number of phenolic OH excluding ortho intramolecular Hbond substituents is 2. The van der Waals surface area contributed by atoms with Crippen LogP contribution >= 0.6 is 0 Å². The van der Waals surface area contributed by atoms with Gasteiger partial charge in [0.15, 0.2) is 11.5 Å². The minimum atomic E-state index is -0.419. The normalized spacial score (nSPS) is 14.4. The van der Waals surface area contributed by atoms with E-state index in [0.717, 1.165) is 17.0 Å². The Morgan fingerprint density at radius 1 is 1.06 bits per heavy atom. The number of nitrogens with zero attached hydrogens (tertiary/aromatic N) is 1. The lowest BCUT2D eigenvalue weighted by Gasteiger charge is -2.11. The molecule has 1 aromatic carbocycles. The van der Waals surface area contributed by atoms with E-state index in [-0.39, 0.29) is 11.1 Å². The lowest BCUT2D eigenvalue weighted by atomic mass is 10.1. The molecule has 1 heterocycles. The zero-order valence-corrected chi connectivity index (χ0v) is 8.73. The minimum Gasteiger partial charge on any atom is -0.504 e. The zero-order valence-electron chi connectivity index (χ0n) is 8.73. The van der Waals surface area contributed by atoms with Crippen molar-refractivity contribution in [3.8, 4) is 11.5 Å². The minimum absolute atomic E-state index is 0.147. The third-order valence-electron chi connectivity index (χ3n) is 2.51. The zero-order chi connectivity index (χ0) is 11.9. The number of phenols is 2. The highest BCUT2D eigenvalue weighted by molar-refractivity contribution is 6.21. The number of benzene rings is 1. The van der Waals surface area contributed by atoms with Crippen LogP contribution in [0.3, 0.4) is 0 Å². The van der Waals surface area contributed by atoms with Gasteiger partial charge in [0.05, 0.1) is 11.1 Å². The van der Waals surface area contributed by atoms with Gasteiger partial charge in [-0.25, -0.2) is 0 Å². The monoisotopic (exact) mass is 221 g/mol. The SMILES string of the molecule is CCCN1C(=O)c2cc(O)c(O)cc2C1=O. The molecule has 0 aliphatic carbocycles. The van der Waals surface area contributed by atoms with E-state index in [1.807, 2.05) is 6.92 Å². The van der Waals surface area contributed by atoms with Crippen molar-refractivity contribution >= 4 is 11.8 Å². The molecule has 0 spiro atoms. The van der Waals surface area contributed by atoms with Gasteiger partial charge in [-0.1, -0.05) is 6.92 Å². The molecule has 1 aromatic rings. The van der Waals surface area contributed by atoms with Crippen LogP contribution in [0.2, 0.25) is 0 Å². The number of carbonyl (C=O) groups excluding carboxylic acids is 2. The number of carbonyl (C=O) groups is 2. The van der Waals surface area contributed by atoms with Gasteiger partial charge in [0.25, 0.3) is 11.8 Å². The molecule has 16 heavy (non-hydrogen) atoms. The largest absolute Gasteiger partial charge is 0.504 e. The van der Waals surface area contributed by atoms with Crippen LogP contribution in [-0.2, 0) is 0 Å². The Balaban J connectivity index is 2.51. The van der Waals surface area contributed by atoms with E-state index in [9.17, 15) is 19.8 Å². The Hall–Kier alpha value is -2.04. The maximum atomic E-state index is 11.8. The lowest BCUT2D eigenvalue weighted by Crippen LogP contribution is -2.30. The average Bonchev–Trinajstić information content (AvgIpc) is 2.46. The summed E-state index contributed by atoms with van der Waals surface area (Å²) < 4.78 is 0. The molecule has 2 rings (SSSR count). The summed E-state index contributed by atoms with van der Waals surface area (Å²) in [5.41, 5.74) is 0.294. The Kier molecular flexibility index (Phi) is 2.30. The second-order valence-electron chi connectivity index (χ2n) is 3.65. The van der Waals surface area contributed by atoms with Crippen LogP contribution in [0.4, 0.5) is 0 Å². The fourth-order valence-corrected chi connectivity index (χ4v) is 1.74. The highest BCUT2D eigenvalue weighted by atomic mass is 16.3. The Morgan fingerprint density at radius 2 is 1.50 bits per heavy atom. The summed E-state index contributed by atoms with van der Waals surface area (Å²) in [7, 11) is 0. The van der Waals surface area contributed by atoms with Gasteiger partial charge in [0.1, 0.15) is 0 Å². The van der Waals surface area contributed by atoms with Gasteiger partial charge >= 0.3 is 0 Å². The summed E-state index contributed by atoms with van der Waals surface area (Å²) in [6.07, 6.45) is 0.670. The number of aromatic hydroxyl groups is 2. The molecular weight excluding hydrogens is 210 g/mol. The molecule has 0 atom stereocenters. The summed E-state index contributed by atoms with van der Waals surface area (Å²) >= 11 is 0. The molecule has 2 amide bonds. The first-order valence-electron chi connectivity index (χ1n) is 4.98. The van der Waals surface area contributed by atoms with E-state index in [4.69, 9.17) is 0 Å². The van der Waals surface area contributed by atoms with Gasteiger partial charge < -0.3 is 10.2 Å². The quantitative estimate of drug-likeness (QED) is 0.579. The second-order valence-corrected chi connectivity index (χ2v) is 3.65. The van der Waals surface area contributed by atoms with Gasteiger partial charge in [-0.2, -0.15) is 0 Å². The van der Waals surface area contributed by atoms with Crippen molar-refractivity contribution in [1.29, 1.82) is 0 Å². The number of amides is 2. The molecule has 5 heteroatoms. The van der Waals surface area contributed by atoms with E-state index >= 15 is 0 Å². The highest BCUT2D eigenvalue weighted by Crippen LogP contribution is 2.33. The van der Waals surface area contributed by atoms with E-state index in [2.05, 4.69) is 0 Å². The standard InChI is InChI=1S/C11H11NO4/c1-2-3-12-10(15)6-4-8(13)9(14)5-7(6)11(12)16/h4-5,13-14H,2-3H2,1H3. The van der Waals surface area contributed by atoms with Crippen LogP contribution in [0, 0.1) is 0 Å². The Bertz CT molecular complexity index is 440. The van der Waals surface area contributed by atoms with E-state index in [1.54, 1.807) is 0 Å². The first-order valence-corrected chi connectivity index (χ1v) is 4.98. The number of fused-ring (bicyclic) bond motifs is 1. The van der Waals surface area contributed by atoms with Gasteiger partial charge in [-0.3, -0.25) is 14.5 Å². The number of hydrogen-bond acceptors (Lipinski definition) is 4. The van der Waals surface area contributed by atoms with E-state index in [1.165, 1.54) is 0 Å². The maximum absolute atomic E-state index is 11.8. The molecule has 2 N–H and O–H groups in total. The molecule has 1 aliphatic rings. The van der Waals surface area contributed by atoms with E-state index in [0.29, 0.717) is 13.0 Å². The highest BCUT2D eigenvalue weighted by Gasteiger charge is 2.35. The fourth-order valence-electron chi connectivity index (χ4n) is 1.74. The van der Waals surface area contributed by atoms with Crippen LogP contribution in [-0.4, -0.2) is 33.5 Å². The molecular formula is C11H11NO4.